The molecule has 3 aromatic rings. The molecule has 12 nitrogen and oxygen atoms in total. The Labute approximate surface area is 245 Å². The Balaban J connectivity index is 1.17. The molecule has 6 rings (SSSR count). The third-order valence-corrected chi connectivity index (χ3v) is 8.61. The van der Waals surface area contributed by atoms with E-state index in [4.69, 9.17) is 4.74 Å². The third-order valence-electron chi connectivity index (χ3n) is 7.92. The fraction of sp³-hybridized carbons (Fsp3) is 0.393. The Bertz CT molecular complexity index is 1800. The molecule has 1 aromatic heterocycles. The second kappa shape index (κ2) is 10.8. The second-order valence-corrected chi connectivity index (χ2v) is 12.8. The Morgan fingerprint density at radius 1 is 1.02 bits per heavy atom. The molecule has 43 heavy (non-hydrogen) atoms. The van der Waals surface area contributed by atoms with E-state index in [0.717, 1.165) is 25.2 Å². The minimum absolute atomic E-state index is 0.0220. The van der Waals surface area contributed by atoms with E-state index in [1.807, 2.05) is 9.80 Å². The third kappa shape index (κ3) is 5.73. The Hall–Kier alpha value is -4.24. The highest BCUT2D eigenvalue weighted by atomic mass is 32.2. The van der Waals surface area contributed by atoms with Gasteiger partial charge in [0, 0.05) is 50.3 Å². The van der Waals surface area contributed by atoms with Crippen molar-refractivity contribution >= 4 is 50.1 Å². The van der Waals surface area contributed by atoms with Gasteiger partial charge in [0.2, 0.25) is 15.5 Å². The molecule has 1 saturated carbocycles. The topological polar surface area (TPSA) is 141 Å². The summed E-state index contributed by atoms with van der Waals surface area (Å²) in [5, 5.41) is 9.49. The van der Waals surface area contributed by atoms with Crippen molar-refractivity contribution < 1.29 is 36.6 Å². The molecule has 2 saturated heterocycles. The van der Waals surface area contributed by atoms with Crippen molar-refractivity contribution in [3.63, 3.8) is 0 Å². The van der Waals surface area contributed by atoms with Crippen LogP contribution in [-0.4, -0.2) is 81.8 Å². The number of ether oxygens (including phenoxy) is 1. The number of carbonyl (C=O) groups is 2. The molecular formula is C28H29F2N5O7S. The van der Waals surface area contributed by atoms with E-state index in [1.54, 1.807) is 22.8 Å². The molecule has 228 valence electrons. The molecule has 3 aliphatic rings. The number of pyridine rings is 1. The first-order valence-corrected chi connectivity index (χ1v) is 15.6. The first kappa shape index (κ1) is 28.9. The number of amides is 1. The number of carbonyl (C=O) groups excluding carboxylic acids is 1. The molecule has 1 aliphatic carbocycles. The molecule has 2 N–H and O–H groups in total. The summed E-state index contributed by atoms with van der Waals surface area (Å²) >= 11 is 0. The molecule has 1 amide bonds. The molecule has 3 heterocycles. The lowest BCUT2D eigenvalue weighted by atomic mass is 10.1. The van der Waals surface area contributed by atoms with Crippen LogP contribution in [0.1, 0.15) is 29.2 Å². The van der Waals surface area contributed by atoms with E-state index < -0.39 is 50.8 Å². The fourth-order valence-corrected chi connectivity index (χ4v) is 6.09. The number of piperazine rings is 1. The summed E-state index contributed by atoms with van der Waals surface area (Å²) < 4.78 is 62.5. The number of carboxylic acids is 1. The van der Waals surface area contributed by atoms with Gasteiger partial charge < -0.3 is 24.2 Å². The zero-order valence-electron chi connectivity index (χ0n) is 23.1. The predicted octanol–water partition coefficient (Wildman–Crippen LogP) is 2.51. The number of nitrogens with one attached hydrogen (secondary N) is 1. The van der Waals surface area contributed by atoms with Crippen molar-refractivity contribution in [2.75, 3.05) is 60.2 Å². The zero-order valence-corrected chi connectivity index (χ0v) is 23.9. The number of hydrogen-bond acceptors (Lipinski definition) is 8. The quantitative estimate of drug-likeness (QED) is 0.390. The second-order valence-electron chi connectivity index (χ2n) is 11.0. The predicted molar refractivity (Wildman–Crippen MR) is 155 cm³/mol. The average molecular weight is 618 g/mol. The van der Waals surface area contributed by atoms with Crippen molar-refractivity contribution in [1.29, 1.82) is 0 Å². The highest BCUT2D eigenvalue weighted by molar-refractivity contribution is 7.88. The van der Waals surface area contributed by atoms with Crippen LogP contribution in [0.15, 0.2) is 41.3 Å². The van der Waals surface area contributed by atoms with Gasteiger partial charge in [-0.3, -0.25) is 9.69 Å². The number of carboxylic acid groups (broad SMARTS) is 1. The van der Waals surface area contributed by atoms with Gasteiger partial charge in [0.1, 0.15) is 23.3 Å². The van der Waals surface area contributed by atoms with Crippen LogP contribution in [0.25, 0.3) is 10.9 Å². The van der Waals surface area contributed by atoms with Gasteiger partial charge in [-0.2, -0.15) is 0 Å². The number of cyclic esters (lactones) is 1. The standard InChI is InChI=1S/C28H29F2N5O7S/c1-43(40,41)31-13-18-14-35(28(39)42-18)17-4-5-23(21(29)10-17)32-6-8-33(9-7-32)25-12-24-19(11-22(25)30)26(36)20(27(37)38)15-34(24)16-2-3-16/h4-5,10-12,15-16,18,31H,2-3,6-9,13-14H2,1H3,(H,37,38)/t18-/m0/s1. The molecule has 0 unspecified atom stereocenters. The summed E-state index contributed by atoms with van der Waals surface area (Å²) in [6.07, 6.45) is 2.60. The molecule has 0 bridgehead atoms. The van der Waals surface area contributed by atoms with Crippen molar-refractivity contribution in [1.82, 2.24) is 9.29 Å². The summed E-state index contributed by atoms with van der Waals surface area (Å²) in [6, 6.07) is 7.12. The number of fused-ring (bicyclic) bond motifs is 1. The van der Waals surface area contributed by atoms with E-state index in [-0.39, 0.29) is 35.9 Å². The maximum Gasteiger partial charge on any atom is 0.414 e. The molecule has 2 aliphatic heterocycles. The monoisotopic (exact) mass is 617 g/mol. The molecule has 0 spiro atoms. The van der Waals surface area contributed by atoms with Crippen molar-refractivity contribution in [3.8, 4) is 0 Å². The summed E-state index contributed by atoms with van der Waals surface area (Å²) in [5.74, 6) is -2.55. The number of nitrogens with zero attached hydrogens (tertiary/aromatic N) is 4. The summed E-state index contributed by atoms with van der Waals surface area (Å²) in [7, 11) is -3.46. The summed E-state index contributed by atoms with van der Waals surface area (Å²) in [5.41, 5.74) is 0.238. The largest absolute Gasteiger partial charge is 0.477 e. The smallest absolute Gasteiger partial charge is 0.414 e. The molecule has 15 heteroatoms. The maximum atomic E-state index is 15.3. The maximum absolute atomic E-state index is 15.3. The number of aromatic nitrogens is 1. The normalized spacial score (nSPS) is 19.3. The number of benzene rings is 2. The summed E-state index contributed by atoms with van der Waals surface area (Å²) in [4.78, 5) is 41.6. The molecule has 3 fully saturated rings. The van der Waals surface area contributed by atoms with Gasteiger partial charge in [-0.1, -0.05) is 0 Å². The Morgan fingerprint density at radius 3 is 2.28 bits per heavy atom. The molecule has 2 aromatic carbocycles. The number of hydrogen-bond donors (Lipinski definition) is 2. The number of aromatic carboxylic acids is 1. The van der Waals surface area contributed by atoms with Crippen molar-refractivity contribution in [2.45, 2.75) is 25.0 Å². The SMILES string of the molecule is CS(=O)(=O)NC[C@H]1CN(c2ccc(N3CCN(c4cc5c(cc4F)c(=O)c(C(=O)O)cn5C4CC4)CC3)c(F)c2)C(=O)O1. The van der Waals surface area contributed by atoms with Crippen LogP contribution in [0.2, 0.25) is 0 Å². The van der Waals surface area contributed by atoms with Crippen LogP contribution in [0.4, 0.5) is 30.6 Å². The van der Waals surface area contributed by atoms with Crippen LogP contribution in [-0.2, 0) is 14.8 Å². The number of halogens is 2. The van der Waals surface area contributed by atoms with E-state index in [0.29, 0.717) is 37.4 Å². The van der Waals surface area contributed by atoms with Gasteiger partial charge in [-0.25, -0.2) is 31.5 Å². The molecule has 0 radical (unpaired) electrons. The number of rotatable bonds is 8. The molecule has 1 atom stereocenters. The van der Waals surface area contributed by atoms with E-state index >= 15 is 8.78 Å². The van der Waals surface area contributed by atoms with Crippen LogP contribution in [0.5, 0.6) is 0 Å². The minimum atomic E-state index is -3.46. The Morgan fingerprint density at radius 2 is 1.67 bits per heavy atom. The van der Waals surface area contributed by atoms with Crippen LogP contribution in [0.3, 0.4) is 0 Å². The first-order valence-electron chi connectivity index (χ1n) is 13.7. The minimum Gasteiger partial charge on any atom is -0.477 e. The first-order chi connectivity index (χ1) is 20.4. The van der Waals surface area contributed by atoms with Crippen LogP contribution in [0, 0.1) is 11.6 Å². The lowest BCUT2D eigenvalue weighted by Gasteiger charge is -2.37. The van der Waals surface area contributed by atoms with Gasteiger partial charge in [0.05, 0.1) is 35.4 Å². The molecular weight excluding hydrogens is 588 g/mol. The van der Waals surface area contributed by atoms with Crippen LogP contribution >= 0.6 is 0 Å². The van der Waals surface area contributed by atoms with E-state index in [9.17, 15) is 27.9 Å². The van der Waals surface area contributed by atoms with Gasteiger partial charge in [0.25, 0.3) is 0 Å². The van der Waals surface area contributed by atoms with Gasteiger partial charge in [-0.05, 0) is 43.2 Å². The van der Waals surface area contributed by atoms with Crippen LogP contribution < -0.4 is 24.9 Å². The summed E-state index contributed by atoms with van der Waals surface area (Å²) in [6.45, 7) is 1.42. The lowest BCUT2D eigenvalue weighted by molar-refractivity contribution is 0.0694. The number of sulfonamides is 1. The highest BCUT2D eigenvalue weighted by Gasteiger charge is 2.34. The lowest BCUT2D eigenvalue weighted by Crippen LogP contribution is -2.47. The Kier molecular flexibility index (Phi) is 7.24. The fourth-order valence-electron chi connectivity index (χ4n) is 5.60. The van der Waals surface area contributed by atoms with Gasteiger partial charge in [0.15, 0.2) is 0 Å². The highest BCUT2D eigenvalue weighted by Crippen LogP contribution is 2.38. The zero-order chi connectivity index (χ0) is 30.6. The van der Waals surface area contributed by atoms with E-state index in [2.05, 4.69) is 4.72 Å². The van der Waals surface area contributed by atoms with E-state index in [1.165, 1.54) is 17.2 Å². The average Bonchev–Trinajstić information content (AvgIpc) is 3.73. The van der Waals surface area contributed by atoms with Gasteiger partial charge in [-0.15, -0.1) is 0 Å². The van der Waals surface area contributed by atoms with Crippen molar-refractivity contribution in [2.24, 2.45) is 0 Å². The van der Waals surface area contributed by atoms with Gasteiger partial charge >= 0.3 is 12.1 Å². The number of anilines is 3. The van der Waals surface area contributed by atoms with Crippen molar-refractivity contribution in [3.05, 3.63) is 63.9 Å².